The summed E-state index contributed by atoms with van der Waals surface area (Å²) in [7, 11) is 0. The van der Waals surface area contributed by atoms with Gasteiger partial charge in [-0.2, -0.15) is 0 Å². The van der Waals surface area contributed by atoms with Crippen LogP contribution in [0.4, 0.5) is 16.2 Å². The minimum atomic E-state index is -0.306. The first-order valence-corrected chi connectivity index (χ1v) is 9.45. The fourth-order valence-corrected chi connectivity index (χ4v) is 2.85. The molecule has 4 rings (SSSR count). The summed E-state index contributed by atoms with van der Waals surface area (Å²) >= 11 is 0. The molecule has 2 heterocycles. The highest BCUT2D eigenvalue weighted by Gasteiger charge is 2.06. The Kier molecular flexibility index (Phi) is 5.43. The Bertz CT molecular complexity index is 1150. The van der Waals surface area contributed by atoms with Crippen molar-refractivity contribution in [3.8, 4) is 17.4 Å². The maximum absolute atomic E-state index is 12.2. The highest BCUT2D eigenvalue weighted by atomic mass is 16.5. The average molecular weight is 399 g/mol. The van der Waals surface area contributed by atoms with Crippen molar-refractivity contribution >= 4 is 17.4 Å². The van der Waals surface area contributed by atoms with Crippen molar-refractivity contribution in [3.63, 3.8) is 0 Å². The third kappa shape index (κ3) is 4.64. The van der Waals surface area contributed by atoms with Gasteiger partial charge >= 0.3 is 6.03 Å². The van der Waals surface area contributed by atoms with Crippen molar-refractivity contribution < 1.29 is 9.53 Å². The number of nitrogens with one attached hydrogen (secondary N) is 2. The van der Waals surface area contributed by atoms with Gasteiger partial charge in [0.25, 0.3) is 0 Å². The van der Waals surface area contributed by atoms with Gasteiger partial charge in [-0.25, -0.2) is 14.8 Å². The van der Waals surface area contributed by atoms with E-state index in [0.717, 1.165) is 11.3 Å². The van der Waals surface area contributed by atoms with Crippen LogP contribution in [0.3, 0.4) is 0 Å². The lowest BCUT2D eigenvalue weighted by Crippen LogP contribution is -2.19. The van der Waals surface area contributed by atoms with E-state index < -0.39 is 0 Å². The molecule has 0 fully saturated rings. The Balaban J connectivity index is 1.37. The van der Waals surface area contributed by atoms with E-state index in [-0.39, 0.29) is 6.03 Å². The van der Waals surface area contributed by atoms with Gasteiger partial charge in [0.2, 0.25) is 5.88 Å². The fraction of sp³-hybridized carbons (Fsp3) is 0.0870. The van der Waals surface area contributed by atoms with Gasteiger partial charge < -0.3 is 19.9 Å². The second-order valence-corrected chi connectivity index (χ2v) is 6.81. The molecular formula is C23H21N5O2. The number of aryl methyl sites for hydroxylation is 2. The second-order valence-electron chi connectivity index (χ2n) is 6.81. The highest BCUT2D eigenvalue weighted by Crippen LogP contribution is 2.23. The molecule has 0 unspecified atom stereocenters. The van der Waals surface area contributed by atoms with E-state index in [1.165, 1.54) is 11.9 Å². The molecule has 30 heavy (non-hydrogen) atoms. The van der Waals surface area contributed by atoms with Crippen molar-refractivity contribution in [1.29, 1.82) is 0 Å². The number of hydrogen-bond donors (Lipinski definition) is 2. The Morgan fingerprint density at radius 1 is 0.867 bits per heavy atom. The number of anilines is 2. The predicted molar refractivity (Wildman–Crippen MR) is 116 cm³/mol. The molecular weight excluding hydrogens is 378 g/mol. The third-order valence-electron chi connectivity index (χ3n) is 4.60. The van der Waals surface area contributed by atoms with Gasteiger partial charge in [-0.3, -0.25) is 0 Å². The van der Waals surface area contributed by atoms with E-state index in [4.69, 9.17) is 4.74 Å². The van der Waals surface area contributed by atoms with E-state index in [2.05, 4.69) is 20.6 Å². The lowest BCUT2D eigenvalue weighted by molar-refractivity contribution is 0.262. The van der Waals surface area contributed by atoms with Crippen LogP contribution < -0.4 is 15.4 Å². The number of amides is 2. The molecule has 150 valence electrons. The number of rotatable bonds is 5. The van der Waals surface area contributed by atoms with Crippen molar-refractivity contribution in [1.82, 2.24) is 14.5 Å². The number of benzene rings is 2. The van der Waals surface area contributed by atoms with Gasteiger partial charge in [0.15, 0.2) is 0 Å². The second kappa shape index (κ2) is 8.48. The smallest absolute Gasteiger partial charge is 0.323 e. The number of urea groups is 1. The van der Waals surface area contributed by atoms with E-state index in [9.17, 15) is 4.79 Å². The Morgan fingerprint density at radius 3 is 2.30 bits per heavy atom. The first-order chi connectivity index (χ1) is 14.6. The average Bonchev–Trinajstić information content (AvgIpc) is 3.27. The lowest BCUT2D eigenvalue weighted by atomic mass is 10.1. The van der Waals surface area contributed by atoms with Crippen molar-refractivity contribution in [2.24, 2.45) is 0 Å². The minimum absolute atomic E-state index is 0.306. The van der Waals surface area contributed by atoms with Gasteiger partial charge in [-0.05, 0) is 73.5 Å². The van der Waals surface area contributed by atoms with Crippen LogP contribution in [0.15, 0.2) is 79.4 Å². The molecule has 0 spiro atoms. The Hall–Kier alpha value is -4.13. The lowest BCUT2D eigenvalue weighted by Gasteiger charge is -2.10. The van der Waals surface area contributed by atoms with Gasteiger partial charge in [0.05, 0.1) is 0 Å². The molecule has 0 saturated carbocycles. The van der Waals surface area contributed by atoms with Crippen LogP contribution >= 0.6 is 0 Å². The van der Waals surface area contributed by atoms with E-state index >= 15 is 0 Å². The summed E-state index contributed by atoms with van der Waals surface area (Å²) < 4.78 is 7.68. The zero-order valence-electron chi connectivity index (χ0n) is 16.7. The highest BCUT2D eigenvalue weighted by molar-refractivity contribution is 5.99. The van der Waals surface area contributed by atoms with Gasteiger partial charge in [-0.15, -0.1) is 0 Å². The van der Waals surface area contributed by atoms with Crippen LogP contribution in [0.1, 0.15) is 11.1 Å². The summed E-state index contributed by atoms with van der Waals surface area (Å²) in [6, 6.07) is 18.2. The summed E-state index contributed by atoms with van der Waals surface area (Å²) in [4.78, 5) is 20.6. The Morgan fingerprint density at radius 2 is 1.57 bits per heavy atom. The first-order valence-electron chi connectivity index (χ1n) is 9.45. The zero-order chi connectivity index (χ0) is 20.9. The SMILES string of the molecule is Cc1ccc(NC(=O)Nc2ccc(Oc3cc(-n4cccc4)ncn3)cc2)cc1C. The maximum atomic E-state index is 12.2. The summed E-state index contributed by atoms with van der Waals surface area (Å²) in [5.41, 5.74) is 3.71. The number of carbonyl (C=O) groups is 1. The van der Waals surface area contributed by atoms with Crippen LogP contribution in [0.5, 0.6) is 11.6 Å². The van der Waals surface area contributed by atoms with Gasteiger partial charge in [0, 0.05) is 29.8 Å². The van der Waals surface area contributed by atoms with Crippen LogP contribution in [0.25, 0.3) is 5.82 Å². The zero-order valence-corrected chi connectivity index (χ0v) is 16.7. The third-order valence-corrected chi connectivity index (χ3v) is 4.60. The maximum Gasteiger partial charge on any atom is 0.323 e. The number of ether oxygens (including phenoxy) is 1. The quantitative estimate of drug-likeness (QED) is 0.476. The molecule has 2 aromatic heterocycles. The predicted octanol–water partition coefficient (Wildman–Crippen LogP) is 5.32. The van der Waals surface area contributed by atoms with Gasteiger partial charge in [0.1, 0.15) is 17.9 Å². The van der Waals surface area contributed by atoms with Crippen molar-refractivity contribution in [3.05, 3.63) is 90.5 Å². The van der Waals surface area contributed by atoms with Gasteiger partial charge in [-0.1, -0.05) is 6.07 Å². The molecule has 0 atom stereocenters. The molecule has 7 nitrogen and oxygen atoms in total. The van der Waals surface area contributed by atoms with Crippen LogP contribution in [0, 0.1) is 13.8 Å². The van der Waals surface area contributed by atoms with Crippen LogP contribution in [-0.2, 0) is 0 Å². The molecule has 0 radical (unpaired) electrons. The molecule has 0 aliphatic rings. The summed E-state index contributed by atoms with van der Waals surface area (Å²) in [5.74, 6) is 1.75. The van der Waals surface area contributed by atoms with Crippen LogP contribution in [0.2, 0.25) is 0 Å². The summed E-state index contributed by atoms with van der Waals surface area (Å²) in [6.07, 6.45) is 5.25. The normalized spacial score (nSPS) is 10.5. The molecule has 0 saturated heterocycles. The van der Waals surface area contributed by atoms with Crippen molar-refractivity contribution in [2.75, 3.05) is 10.6 Å². The number of hydrogen-bond acceptors (Lipinski definition) is 4. The minimum Gasteiger partial charge on any atom is -0.439 e. The van der Waals surface area contributed by atoms with E-state index in [1.807, 2.05) is 61.1 Å². The molecule has 2 amide bonds. The molecule has 0 bridgehead atoms. The summed E-state index contributed by atoms with van der Waals surface area (Å²) in [6.45, 7) is 4.04. The fourth-order valence-electron chi connectivity index (χ4n) is 2.85. The van der Waals surface area contributed by atoms with Crippen LogP contribution in [-0.4, -0.2) is 20.6 Å². The van der Waals surface area contributed by atoms with Crippen molar-refractivity contribution in [2.45, 2.75) is 13.8 Å². The monoisotopic (exact) mass is 399 g/mol. The number of aromatic nitrogens is 3. The number of nitrogens with zero attached hydrogens (tertiary/aromatic N) is 3. The Labute approximate surface area is 174 Å². The van der Waals surface area contributed by atoms with E-state index in [0.29, 0.717) is 23.1 Å². The topological polar surface area (TPSA) is 81.1 Å². The molecule has 4 aromatic rings. The molecule has 0 aliphatic heterocycles. The largest absolute Gasteiger partial charge is 0.439 e. The molecule has 7 heteroatoms. The standard InChI is InChI=1S/C23H21N5O2/c1-16-5-6-19(13-17(16)2)27-23(29)26-18-7-9-20(10-8-18)30-22-14-21(24-15-25-22)28-11-3-4-12-28/h3-15H,1-2H3,(H2,26,27,29). The molecule has 2 aromatic carbocycles. The first kappa shape index (κ1) is 19.2. The summed E-state index contributed by atoms with van der Waals surface area (Å²) in [5, 5.41) is 5.64. The number of carbonyl (C=O) groups excluding carboxylic acids is 1. The van der Waals surface area contributed by atoms with E-state index in [1.54, 1.807) is 30.3 Å². The molecule has 2 N–H and O–H groups in total. The molecule has 0 aliphatic carbocycles.